The Balaban J connectivity index is 1.85. The summed E-state index contributed by atoms with van der Waals surface area (Å²) in [5.74, 6) is -2.82. The van der Waals surface area contributed by atoms with Crippen molar-refractivity contribution in [1.29, 1.82) is 0 Å². The molecule has 0 atom stereocenters. The summed E-state index contributed by atoms with van der Waals surface area (Å²) < 4.78 is 18.5. The number of nitrogens with one attached hydrogen (secondary N) is 2. The van der Waals surface area contributed by atoms with Crippen LogP contribution in [0.15, 0.2) is 47.3 Å². The molecule has 0 radical (unpaired) electrons. The van der Waals surface area contributed by atoms with E-state index in [1.54, 1.807) is 12.1 Å². The number of H-pyrrole nitrogens is 1. The van der Waals surface area contributed by atoms with E-state index >= 15 is 0 Å². The lowest BCUT2D eigenvalue weighted by Crippen LogP contribution is -2.33. The van der Waals surface area contributed by atoms with Crippen LogP contribution in [0, 0.1) is 5.82 Å². The monoisotopic (exact) mass is 386 g/mol. The molecule has 9 heteroatoms. The van der Waals surface area contributed by atoms with Gasteiger partial charge >= 0.3 is 5.97 Å². The number of pyridine rings is 1. The van der Waals surface area contributed by atoms with Gasteiger partial charge in [-0.25, -0.2) is 4.39 Å². The van der Waals surface area contributed by atoms with Gasteiger partial charge < -0.3 is 25.3 Å². The SMILES string of the molecule is O=C(O)CNC(=O)c1c(O)c2ccc(OCc3ccc(F)cc3)cc2[nH]c1=O. The Hall–Kier alpha value is -3.88. The summed E-state index contributed by atoms with van der Waals surface area (Å²) >= 11 is 0. The molecular formula is C19H15FN2O6. The number of aromatic amines is 1. The van der Waals surface area contributed by atoms with Gasteiger partial charge in [-0.1, -0.05) is 12.1 Å². The molecule has 0 saturated heterocycles. The second kappa shape index (κ2) is 7.78. The molecule has 1 amide bonds. The van der Waals surface area contributed by atoms with E-state index in [9.17, 15) is 23.9 Å². The number of amides is 1. The minimum atomic E-state index is -1.28. The van der Waals surface area contributed by atoms with Crippen LogP contribution in [-0.2, 0) is 11.4 Å². The van der Waals surface area contributed by atoms with Gasteiger partial charge in [-0.3, -0.25) is 14.4 Å². The summed E-state index contributed by atoms with van der Waals surface area (Å²) in [4.78, 5) is 37.1. The van der Waals surface area contributed by atoms with Crippen molar-refractivity contribution in [2.45, 2.75) is 6.61 Å². The van der Waals surface area contributed by atoms with E-state index in [0.717, 1.165) is 5.56 Å². The molecule has 0 aliphatic rings. The lowest BCUT2D eigenvalue weighted by Gasteiger charge is -2.10. The Morgan fingerprint density at radius 1 is 1.14 bits per heavy atom. The average Bonchev–Trinajstić information content (AvgIpc) is 2.65. The summed E-state index contributed by atoms with van der Waals surface area (Å²) in [6.07, 6.45) is 0. The number of carbonyl (C=O) groups is 2. The number of halogens is 1. The zero-order valence-electron chi connectivity index (χ0n) is 14.4. The fourth-order valence-corrected chi connectivity index (χ4v) is 2.55. The highest BCUT2D eigenvalue weighted by atomic mass is 19.1. The molecule has 1 heterocycles. The zero-order valence-corrected chi connectivity index (χ0v) is 14.4. The first-order valence-corrected chi connectivity index (χ1v) is 8.11. The van der Waals surface area contributed by atoms with Crippen LogP contribution in [0.4, 0.5) is 4.39 Å². The number of benzene rings is 2. The van der Waals surface area contributed by atoms with Crippen LogP contribution in [0.1, 0.15) is 15.9 Å². The number of rotatable bonds is 6. The van der Waals surface area contributed by atoms with Crippen molar-refractivity contribution in [2.24, 2.45) is 0 Å². The molecule has 144 valence electrons. The van der Waals surface area contributed by atoms with Crippen LogP contribution in [-0.4, -0.2) is 33.6 Å². The van der Waals surface area contributed by atoms with Gasteiger partial charge in [0.25, 0.3) is 11.5 Å². The van der Waals surface area contributed by atoms with Crippen molar-refractivity contribution in [2.75, 3.05) is 6.54 Å². The van der Waals surface area contributed by atoms with Crippen LogP contribution in [0.5, 0.6) is 11.5 Å². The van der Waals surface area contributed by atoms with Gasteiger partial charge in [0.15, 0.2) is 0 Å². The summed E-state index contributed by atoms with van der Waals surface area (Å²) in [6, 6.07) is 10.2. The largest absolute Gasteiger partial charge is 0.506 e. The van der Waals surface area contributed by atoms with Gasteiger partial charge in [0.2, 0.25) is 0 Å². The topological polar surface area (TPSA) is 129 Å². The van der Waals surface area contributed by atoms with E-state index in [1.807, 2.05) is 5.32 Å². The Morgan fingerprint density at radius 2 is 1.86 bits per heavy atom. The number of carboxylic acids is 1. The molecule has 0 unspecified atom stereocenters. The molecule has 0 aliphatic carbocycles. The summed E-state index contributed by atoms with van der Waals surface area (Å²) in [6.45, 7) is -0.524. The van der Waals surface area contributed by atoms with Crippen molar-refractivity contribution in [3.8, 4) is 11.5 Å². The van der Waals surface area contributed by atoms with Gasteiger partial charge in [-0.05, 0) is 29.8 Å². The van der Waals surface area contributed by atoms with E-state index in [0.29, 0.717) is 5.75 Å². The predicted molar refractivity (Wildman–Crippen MR) is 96.9 cm³/mol. The second-order valence-corrected chi connectivity index (χ2v) is 5.88. The number of aromatic hydroxyl groups is 1. The van der Waals surface area contributed by atoms with Crippen molar-refractivity contribution < 1.29 is 28.9 Å². The standard InChI is InChI=1S/C19H15FN2O6/c20-11-3-1-10(2-4-11)9-28-12-5-6-13-14(7-12)22-19(27)16(17(13)25)18(26)21-8-15(23)24/h1-7H,8-9H2,(H,21,26)(H,23,24)(H2,22,25,27). The molecule has 1 aromatic heterocycles. The molecule has 28 heavy (non-hydrogen) atoms. The Bertz CT molecular complexity index is 1110. The van der Waals surface area contributed by atoms with Crippen LogP contribution < -0.4 is 15.6 Å². The molecule has 2 aromatic carbocycles. The normalized spacial score (nSPS) is 10.6. The third kappa shape index (κ3) is 4.09. The number of carbonyl (C=O) groups excluding carboxylic acids is 1. The maximum absolute atomic E-state index is 12.9. The van der Waals surface area contributed by atoms with Crippen molar-refractivity contribution in [3.05, 3.63) is 69.8 Å². The quantitative estimate of drug-likeness (QED) is 0.511. The fraction of sp³-hybridized carbons (Fsp3) is 0.105. The molecule has 0 spiro atoms. The molecular weight excluding hydrogens is 371 g/mol. The van der Waals surface area contributed by atoms with Gasteiger partial charge in [-0.2, -0.15) is 0 Å². The van der Waals surface area contributed by atoms with E-state index in [2.05, 4.69) is 4.98 Å². The minimum Gasteiger partial charge on any atom is -0.506 e. The maximum Gasteiger partial charge on any atom is 0.322 e. The molecule has 3 rings (SSSR count). The number of hydrogen-bond acceptors (Lipinski definition) is 5. The third-order valence-electron chi connectivity index (χ3n) is 3.90. The summed E-state index contributed by atoms with van der Waals surface area (Å²) in [5.41, 5.74) is -0.477. The van der Waals surface area contributed by atoms with Crippen LogP contribution >= 0.6 is 0 Å². The smallest absolute Gasteiger partial charge is 0.322 e. The van der Waals surface area contributed by atoms with Gasteiger partial charge in [0.05, 0.1) is 5.52 Å². The molecule has 8 nitrogen and oxygen atoms in total. The van der Waals surface area contributed by atoms with Crippen LogP contribution in [0.3, 0.4) is 0 Å². The van der Waals surface area contributed by atoms with Crippen molar-refractivity contribution in [3.63, 3.8) is 0 Å². The van der Waals surface area contributed by atoms with Crippen molar-refractivity contribution in [1.82, 2.24) is 10.3 Å². The van der Waals surface area contributed by atoms with Gasteiger partial charge in [0, 0.05) is 11.5 Å². The number of hydrogen-bond donors (Lipinski definition) is 4. The van der Waals surface area contributed by atoms with E-state index in [1.165, 1.54) is 30.3 Å². The fourth-order valence-electron chi connectivity index (χ4n) is 2.55. The Labute approximate surface area is 157 Å². The van der Waals surface area contributed by atoms with Gasteiger partial charge in [-0.15, -0.1) is 0 Å². The lowest BCUT2D eigenvalue weighted by atomic mass is 10.1. The number of fused-ring (bicyclic) bond motifs is 1. The van der Waals surface area contributed by atoms with Gasteiger partial charge in [0.1, 0.15) is 36.0 Å². The molecule has 0 aliphatic heterocycles. The Morgan fingerprint density at radius 3 is 2.54 bits per heavy atom. The molecule has 3 aromatic rings. The first kappa shape index (κ1) is 18.9. The number of ether oxygens (including phenoxy) is 1. The maximum atomic E-state index is 12.9. The highest BCUT2D eigenvalue weighted by Crippen LogP contribution is 2.28. The van der Waals surface area contributed by atoms with E-state index in [-0.39, 0.29) is 23.3 Å². The average molecular weight is 386 g/mol. The van der Waals surface area contributed by atoms with Crippen LogP contribution in [0.2, 0.25) is 0 Å². The zero-order chi connectivity index (χ0) is 20.3. The molecule has 0 bridgehead atoms. The summed E-state index contributed by atoms with van der Waals surface area (Å²) in [5, 5.41) is 21.1. The number of aromatic nitrogens is 1. The van der Waals surface area contributed by atoms with E-state index in [4.69, 9.17) is 9.84 Å². The molecule has 0 saturated carbocycles. The lowest BCUT2D eigenvalue weighted by molar-refractivity contribution is -0.135. The predicted octanol–water partition coefficient (Wildman–Crippen LogP) is 1.77. The van der Waals surface area contributed by atoms with Crippen molar-refractivity contribution >= 4 is 22.8 Å². The molecule has 4 N–H and O–H groups in total. The number of aliphatic carboxylic acids is 1. The highest BCUT2D eigenvalue weighted by molar-refractivity contribution is 6.03. The minimum absolute atomic E-state index is 0.164. The van der Waals surface area contributed by atoms with Crippen LogP contribution in [0.25, 0.3) is 10.9 Å². The second-order valence-electron chi connectivity index (χ2n) is 5.88. The number of carboxylic acid groups (broad SMARTS) is 1. The first-order chi connectivity index (χ1) is 13.3. The third-order valence-corrected chi connectivity index (χ3v) is 3.90. The highest BCUT2D eigenvalue weighted by Gasteiger charge is 2.19. The van der Waals surface area contributed by atoms with E-state index < -0.39 is 35.3 Å². The Kier molecular flexibility index (Phi) is 5.25. The first-order valence-electron chi connectivity index (χ1n) is 8.11. The summed E-state index contributed by atoms with van der Waals surface area (Å²) in [7, 11) is 0. The molecule has 0 fully saturated rings.